The molecule has 1 amide bonds. The Morgan fingerprint density at radius 1 is 1.11 bits per heavy atom. The summed E-state index contributed by atoms with van der Waals surface area (Å²) in [5.74, 6) is 0.929. The van der Waals surface area contributed by atoms with Crippen LogP contribution in [0.15, 0.2) is 24.3 Å². The number of alkyl halides is 2. The molecule has 3 fully saturated rings. The van der Waals surface area contributed by atoms with Gasteiger partial charge < -0.3 is 19.7 Å². The average Bonchev–Trinajstić information content (AvgIpc) is 3.55. The molecule has 1 aliphatic carbocycles. The molecule has 0 radical (unpaired) electrons. The van der Waals surface area contributed by atoms with Crippen LogP contribution in [0.5, 0.6) is 5.75 Å². The number of piperidine rings is 1. The molecule has 0 bridgehead atoms. The number of hydrogen-bond donors (Lipinski definition) is 1. The van der Waals surface area contributed by atoms with Crippen molar-refractivity contribution in [3.8, 4) is 5.75 Å². The van der Waals surface area contributed by atoms with Crippen molar-refractivity contribution in [1.82, 2.24) is 5.32 Å². The highest BCUT2D eigenvalue weighted by Gasteiger charge is 2.51. The monoisotopic (exact) mass is 394 g/mol. The van der Waals surface area contributed by atoms with Crippen LogP contribution in [0.1, 0.15) is 38.5 Å². The highest BCUT2D eigenvalue weighted by Crippen LogP contribution is 2.51. The quantitative estimate of drug-likeness (QED) is 0.801. The summed E-state index contributed by atoms with van der Waals surface area (Å²) in [6.45, 7) is 0.236. The summed E-state index contributed by atoms with van der Waals surface area (Å²) in [6, 6.07) is 6.95. The zero-order valence-electron chi connectivity index (χ0n) is 16.0. The molecule has 28 heavy (non-hydrogen) atoms. The maximum Gasteiger partial charge on any atom is 0.387 e. The number of amides is 1. The van der Waals surface area contributed by atoms with Gasteiger partial charge in [0.15, 0.2) is 0 Å². The second kappa shape index (κ2) is 8.23. The van der Waals surface area contributed by atoms with E-state index in [9.17, 15) is 13.6 Å². The highest BCUT2D eigenvalue weighted by atomic mass is 19.3. The zero-order valence-corrected chi connectivity index (χ0v) is 16.0. The van der Waals surface area contributed by atoms with Crippen molar-refractivity contribution >= 4 is 11.6 Å². The molecule has 0 unspecified atom stereocenters. The van der Waals surface area contributed by atoms with E-state index < -0.39 is 6.61 Å². The number of carbonyl (C=O) groups is 1. The lowest BCUT2D eigenvalue weighted by atomic mass is 9.74. The largest absolute Gasteiger partial charge is 0.435 e. The zero-order chi connectivity index (χ0) is 19.6. The van der Waals surface area contributed by atoms with E-state index in [1.165, 1.54) is 0 Å². The van der Waals surface area contributed by atoms with Crippen LogP contribution in [0, 0.1) is 11.3 Å². The molecule has 2 aliphatic heterocycles. The van der Waals surface area contributed by atoms with Crippen LogP contribution in [0.4, 0.5) is 14.5 Å². The molecule has 1 saturated carbocycles. The van der Waals surface area contributed by atoms with Gasteiger partial charge in [-0.05, 0) is 68.7 Å². The van der Waals surface area contributed by atoms with E-state index in [0.29, 0.717) is 19.1 Å². The first-order valence-electron chi connectivity index (χ1n) is 10.3. The fourth-order valence-electron chi connectivity index (χ4n) is 4.64. The van der Waals surface area contributed by atoms with Crippen LogP contribution >= 0.6 is 0 Å². The summed E-state index contributed by atoms with van der Waals surface area (Å²) in [4.78, 5) is 15.3. The lowest BCUT2D eigenvalue weighted by Crippen LogP contribution is -2.52. The number of nitrogens with one attached hydrogen (secondary N) is 1. The third-order valence-electron chi connectivity index (χ3n) is 6.45. The van der Waals surface area contributed by atoms with Crippen LogP contribution in [-0.2, 0) is 9.53 Å². The minimum Gasteiger partial charge on any atom is -0.435 e. The van der Waals surface area contributed by atoms with Gasteiger partial charge in [-0.2, -0.15) is 8.78 Å². The van der Waals surface area contributed by atoms with Gasteiger partial charge in [0.25, 0.3) is 0 Å². The summed E-state index contributed by atoms with van der Waals surface area (Å²) in [6.07, 6.45) is 5.79. The topological polar surface area (TPSA) is 50.8 Å². The van der Waals surface area contributed by atoms with Crippen molar-refractivity contribution in [3.63, 3.8) is 0 Å². The molecule has 0 atom stereocenters. The van der Waals surface area contributed by atoms with Crippen LogP contribution in [0.3, 0.4) is 0 Å². The third-order valence-corrected chi connectivity index (χ3v) is 6.45. The molecule has 1 N–H and O–H groups in total. The number of halogens is 2. The minimum atomic E-state index is -2.81. The molecule has 154 valence electrons. The maximum absolute atomic E-state index is 13.1. The van der Waals surface area contributed by atoms with E-state index in [4.69, 9.17) is 4.74 Å². The van der Waals surface area contributed by atoms with E-state index in [1.54, 1.807) is 24.3 Å². The first-order valence-corrected chi connectivity index (χ1v) is 10.3. The number of carbonyl (C=O) groups excluding carboxylic acids is 1. The molecular formula is C21H28F2N2O3. The minimum absolute atomic E-state index is 0.169. The summed E-state index contributed by atoms with van der Waals surface area (Å²) in [5.41, 5.74) is 0.779. The Morgan fingerprint density at radius 3 is 2.32 bits per heavy atom. The molecule has 0 aromatic heterocycles. The van der Waals surface area contributed by atoms with Crippen molar-refractivity contribution in [1.29, 1.82) is 0 Å². The van der Waals surface area contributed by atoms with Gasteiger partial charge in [0, 0.05) is 38.0 Å². The van der Waals surface area contributed by atoms with Crippen LogP contribution in [-0.4, -0.2) is 44.9 Å². The highest BCUT2D eigenvalue weighted by molar-refractivity contribution is 5.83. The number of nitrogens with zero attached hydrogens (tertiary/aromatic N) is 1. The van der Waals surface area contributed by atoms with Crippen molar-refractivity contribution in [2.75, 3.05) is 31.2 Å². The lowest BCUT2D eigenvalue weighted by Gasteiger charge is -2.39. The SMILES string of the molecule is O=C(NC1CCN(c2ccc(OC(F)F)cc2)CC1)C1(C2CC2)CCOCC1. The predicted molar refractivity (Wildman–Crippen MR) is 102 cm³/mol. The van der Waals surface area contributed by atoms with Crippen molar-refractivity contribution in [3.05, 3.63) is 24.3 Å². The molecule has 2 saturated heterocycles. The molecule has 5 nitrogen and oxygen atoms in total. The maximum atomic E-state index is 13.1. The molecule has 0 spiro atoms. The number of rotatable bonds is 6. The Hall–Kier alpha value is -1.89. The summed E-state index contributed by atoms with van der Waals surface area (Å²) in [5, 5.41) is 3.33. The Bertz CT molecular complexity index is 665. The normalized spacial score (nSPS) is 22.9. The Balaban J connectivity index is 1.30. The molecular weight excluding hydrogens is 366 g/mol. The smallest absolute Gasteiger partial charge is 0.387 e. The van der Waals surface area contributed by atoms with Crippen molar-refractivity contribution < 1.29 is 23.0 Å². The number of benzene rings is 1. The summed E-state index contributed by atoms with van der Waals surface area (Å²) < 4.78 is 34.4. The van der Waals surface area contributed by atoms with Crippen LogP contribution in [0.2, 0.25) is 0 Å². The van der Waals surface area contributed by atoms with Gasteiger partial charge in [0.05, 0.1) is 5.41 Å². The Kier molecular flexibility index (Phi) is 5.71. The Labute approximate surface area is 164 Å². The van der Waals surface area contributed by atoms with Gasteiger partial charge >= 0.3 is 6.61 Å². The molecule has 7 heteroatoms. The number of hydrogen-bond acceptors (Lipinski definition) is 4. The number of ether oxygens (including phenoxy) is 2. The van der Waals surface area contributed by atoms with E-state index >= 15 is 0 Å². The van der Waals surface area contributed by atoms with Crippen molar-refractivity contribution in [2.24, 2.45) is 11.3 Å². The molecule has 3 aliphatic rings. The fraction of sp³-hybridized carbons (Fsp3) is 0.667. The molecule has 1 aromatic carbocycles. The van der Waals surface area contributed by atoms with Gasteiger partial charge in [0.1, 0.15) is 5.75 Å². The van der Waals surface area contributed by atoms with Gasteiger partial charge in [0.2, 0.25) is 5.91 Å². The second-order valence-electron chi connectivity index (χ2n) is 8.15. The van der Waals surface area contributed by atoms with E-state index in [1.807, 2.05) is 0 Å². The van der Waals surface area contributed by atoms with Crippen LogP contribution < -0.4 is 15.0 Å². The van der Waals surface area contributed by atoms with Crippen molar-refractivity contribution in [2.45, 2.75) is 51.2 Å². The fourth-order valence-corrected chi connectivity index (χ4v) is 4.64. The van der Waals surface area contributed by atoms with E-state index in [0.717, 1.165) is 57.3 Å². The molecule has 2 heterocycles. The van der Waals surface area contributed by atoms with Gasteiger partial charge in [-0.15, -0.1) is 0 Å². The van der Waals surface area contributed by atoms with Gasteiger partial charge in [-0.1, -0.05) is 0 Å². The Morgan fingerprint density at radius 2 is 1.75 bits per heavy atom. The van der Waals surface area contributed by atoms with E-state index in [2.05, 4.69) is 15.0 Å². The predicted octanol–water partition coefficient (Wildman–Crippen LogP) is 3.58. The average molecular weight is 394 g/mol. The van der Waals surface area contributed by atoms with Gasteiger partial charge in [-0.3, -0.25) is 4.79 Å². The second-order valence-corrected chi connectivity index (χ2v) is 8.15. The standard InChI is InChI=1S/C21H28F2N2O3/c22-20(23)28-18-5-3-17(4-6-18)25-11-7-16(8-12-25)24-19(26)21(15-1-2-15)9-13-27-14-10-21/h3-6,15-16,20H,1-2,7-14H2,(H,24,26). The lowest BCUT2D eigenvalue weighted by molar-refractivity contribution is -0.139. The first kappa shape index (κ1) is 19.4. The first-order chi connectivity index (χ1) is 13.6. The summed E-state index contributed by atoms with van der Waals surface area (Å²) >= 11 is 0. The van der Waals surface area contributed by atoms with Gasteiger partial charge in [-0.25, -0.2) is 0 Å². The third kappa shape index (κ3) is 4.24. The summed E-state index contributed by atoms with van der Waals surface area (Å²) in [7, 11) is 0. The van der Waals surface area contributed by atoms with Crippen LogP contribution in [0.25, 0.3) is 0 Å². The molecule has 1 aromatic rings. The van der Waals surface area contributed by atoms with E-state index in [-0.39, 0.29) is 23.1 Å². The molecule has 4 rings (SSSR count). The number of anilines is 1.